The standard InChI is InChI=1S/C21H23NO5/c23-20(24)15-22(14-16-4-2-1-3-5-16)21(25)17-6-8-18(9-7-17)27-19-10-12-26-13-11-19/h1-9,19H,10-15H2,(H,23,24). The van der Waals surface area contributed by atoms with Crippen molar-refractivity contribution in [2.24, 2.45) is 0 Å². The van der Waals surface area contributed by atoms with Crippen molar-refractivity contribution in [3.63, 3.8) is 0 Å². The van der Waals surface area contributed by atoms with Gasteiger partial charge in [0, 0.05) is 24.9 Å². The summed E-state index contributed by atoms with van der Waals surface area (Å²) < 4.78 is 11.2. The van der Waals surface area contributed by atoms with E-state index in [-0.39, 0.29) is 25.1 Å². The van der Waals surface area contributed by atoms with Crippen LogP contribution in [-0.2, 0) is 16.1 Å². The van der Waals surface area contributed by atoms with Gasteiger partial charge in [0.05, 0.1) is 13.2 Å². The summed E-state index contributed by atoms with van der Waals surface area (Å²) in [6.07, 6.45) is 1.83. The number of ether oxygens (including phenoxy) is 2. The van der Waals surface area contributed by atoms with E-state index >= 15 is 0 Å². The van der Waals surface area contributed by atoms with Gasteiger partial charge in [0.2, 0.25) is 0 Å². The minimum atomic E-state index is -1.04. The fourth-order valence-electron chi connectivity index (χ4n) is 3.01. The van der Waals surface area contributed by atoms with Gasteiger partial charge in [-0.05, 0) is 29.8 Å². The number of nitrogens with zero attached hydrogens (tertiary/aromatic N) is 1. The second-order valence-corrected chi connectivity index (χ2v) is 6.49. The molecule has 0 unspecified atom stereocenters. The fraction of sp³-hybridized carbons (Fsp3) is 0.333. The Labute approximate surface area is 158 Å². The van der Waals surface area contributed by atoms with Crippen LogP contribution in [0.5, 0.6) is 5.75 Å². The van der Waals surface area contributed by atoms with Gasteiger partial charge in [-0.15, -0.1) is 0 Å². The van der Waals surface area contributed by atoms with Gasteiger partial charge < -0.3 is 19.5 Å². The average molecular weight is 369 g/mol. The first-order chi connectivity index (χ1) is 13.1. The van der Waals surface area contributed by atoms with Crippen LogP contribution in [0.15, 0.2) is 54.6 Å². The number of carboxylic acids is 1. The number of carbonyl (C=O) groups excluding carboxylic acids is 1. The number of rotatable bonds is 7. The Kier molecular flexibility index (Phi) is 6.44. The van der Waals surface area contributed by atoms with Crippen molar-refractivity contribution in [2.75, 3.05) is 19.8 Å². The van der Waals surface area contributed by atoms with Crippen LogP contribution in [0.1, 0.15) is 28.8 Å². The summed E-state index contributed by atoms with van der Waals surface area (Å²) >= 11 is 0. The zero-order valence-corrected chi connectivity index (χ0v) is 15.0. The Morgan fingerprint density at radius 3 is 2.33 bits per heavy atom. The molecule has 142 valence electrons. The number of aliphatic carboxylic acids is 1. The van der Waals surface area contributed by atoms with Crippen molar-refractivity contribution in [3.05, 3.63) is 65.7 Å². The molecule has 0 aromatic heterocycles. The molecule has 1 aliphatic heterocycles. The summed E-state index contributed by atoms with van der Waals surface area (Å²) in [5.74, 6) is -0.663. The topological polar surface area (TPSA) is 76.1 Å². The highest BCUT2D eigenvalue weighted by Gasteiger charge is 2.20. The summed E-state index contributed by atoms with van der Waals surface area (Å²) in [5, 5.41) is 9.16. The van der Waals surface area contributed by atoms with Crippen molar-refractivity contribution in [2.45, 2.75) is 25.5 Å². The van der Waals surface area contributed by atoms with Crippen molar-refractivity contribution in [3.8, 4) is 5.75 Å². The predicted molar refractivity (Wildman–Crippen MR) is 99.7 cm³/mol. The lowest BCUT2D eigenvalue weighted by molar-refractivity contribution is -0.137. The summed E-state index contributed by atoms with van der Waals surface area (Å²) in [5.41, 5.74) is 1.32. The quantitative estimate of drug-likeness (QED) is 0.812. The van der Waals surface area contributed by atoms with Gasteiger partial charge in [-0.25, -0.2) is 0 Å². The van der Waals surface area contributed by atoms with Gasteiger partial charge in [0.25, 0.3) is 5.91 Å². The molecule has 2 aromatic rings. The predicted octanol–water partition coefficient (Wildman–Crippen LogP) is 2.97. The summed E-state index contributed by atoms with van der Waals surface area (Å²) in [6.45, 7) is 1.29. The molecule has 0 atom stereocenters. The van der Waals surface area contributed by atoms with Gasteiger partial charge in [-0.2, -0.15) is 0 Å². The Bertz CT molecular complexity index is 754. The number of benzene rings is 2. The van der Waals surface area contributed by atoms with E-state index in [9.17, 15) is 9.59 Å². The van der Waals surface area contributed by atoms with Gasteiger partial charge in [-0.1, -0.05) is 30.3 Å². The molecule has 3 rings (SSSR count). The largest absolute Gasteiger partial charge is 0.490 e. The summed E-state index contributed by atoms with van der Waals surface area (Å²) in [7, 11) is 0. The minimum absolute atomic E-state index is 0.127. The lowest BCUT2D eigenvalue weighted by Gasteiger charge is -2.24. The third kappa shape index (κ3) is 5.56. The van der Waals surface area contributed by atoms with Gasteiger partial charge in [0.1, 0.15) is 18.4 Å². The first kappa shape index (κ1) is 18.9. The normalized spacial score (nSPS) is 14.5. The molecule has 1 N–H and O–H groups in total. The molecule has 0 bridgehead atoms. The van der Waals surface area contributed by atoms with Crippen LogP contribution in [-0.4, -0.2) is 47.7 Å². The van der Waals surface area contributed by atoms with Crippen molar-refractivity contribution in [1.82, 2.24) is 4.90 Å². The molecule has 1 heterocycles. The molecule has 2 aromatic carbocycles. The van der Waals surface area contributed by atoms with Gasteiger partial charge in [-0.3, -0.25) is 9.59 Å². The third-order valence-electron chi connectivity index (χ3n) is 4.40. The maximum Gasteiger partial charge on any atom is 0.323 e. The van der Waals surface area contributed by atoms with E-state index in [0.29, 0.717) is 24.5 Å². The third-order valence-corrected chi connectivity index (χ3v) is 4.40. The number of hydrogen-bond donors (Lipinski definition) is 1. The minimum Gasteiger partial charge on any atom is -0.490 e. The molecular weight excluding hydrogens is 346 g/mol. The van der Waals surface area contributed by atoms with Crippen LogP contribution in [0.2, 0.25) is 0 Å². The van der Waals surface area contributed by atoms with Crippen LogP contribution in [0, 0.1) is 0 Å². The number of carbonyl (C=O) groups is 2. The monoisotopic (exact) mass is 369 g/mol. The first-order valence-corrected chi connectivity index (χ1v) is 9.01. The zero-order valence-electron chi connectivity index (χ0n) is 15.0. The number of hydrogen-bond acceptors (Lipinski definition) is 4. The Balaban J connectivity index is 1.68. The molecule has 0 spiro atoms. The smallest absolute Gasteiger partial charge is 0.323 e. The fourth-order valence-corrected chi connectivity index (χ4v) is 3.01. The molecule has 1 fully saturated rings. The molecule has 1 aliphatic rings. The molecule has 1 saturated heterocycles. The Hall–Kier alpha value is -2.86. The van der Waals surface area contributed by atoms with Crippen LogP contribution in [0.4, 0.5) is 0 Å². The molecule has 0 radical (unpaired) electrons. The highest BCUT2D eigenvalue weighted by atomic mass is 16.5. The molecule has 27 heavy (non-hydrogen) atoms. The summed E-state index contributed by atoms with van der Waals surface area (Å²) in [6, 6.07) is 16.2. The first-order valence-electron chi connectivity index (χ1n) is 9.01. The van der Waals surface area contributed by atoms with Crippen LogP contribution < -0.4 is 4.74 Å². The van der Waals surface area contributed by atoms with Gasteiger partial charge >= 0.3 is 5.97 Å². The van der Waals surface area contributed by atoms with Gasteiger partial charge in [0.15, 0.2) is 0 Å². The van der Waals surface area contributed by atoms with E-state index in [0.717, 1.165) is 18.4 Å². The number of carboxylic acid groups (broad SMARTS) is 1. The Morgan fingerprint density at radius 2 is 1.70 bits per heavy atom. The lowest BCUT2D eigenvalue weighted by atomic mass is 10.1. The average Bonchev–Trinajstić information content (AvgIpc) is 2.69. The second kappa shape index (κ2) is 9.19. The SMILES string of the molecule is O=C(O)CN(Cc1ccccc1)C(=O)c1ccc(OC2CCOCC2)cc1. The highest BCUT2D eigenvalue weighted by molar-refractivity contribution is 5.95. The van der Waals surface area contributed by atoms with E-state index in [1.165, 1.54) is 4.90 Å². The van der Waals surface area contributed by atoms with Crippen LogP contribution in [0.3, 0.4) is 0 Å². The van der Waals surface area contributed by atoms with Crippen LogP contribution >= 0.6 is 0 Å². The Morgan fingerprint density at radius 1 is 1.04 bits per heavy atom. The molecule has 0 saturated carbocycles. The molecular formula is C21H23NO5. The van der Waals surface area contributed by atoms with E-state index in [1.54, 1.807) is 24.3 Å². The molecule has 0 aliphatic carbocycles. The summed E-state index contributed by atoms with van der Waals surface area (Å²) in [4.78, 5) is 25.3. The molecule has 1 amide bonds. The highest BCUT2D eigenvalue weighted by Crippen LogP contribution is 2.19. The molecule has 6 heteroatoms. The molecule has 6 nitrogen and oxygen atoms in total. The second-order valence-electron chi connectivity index (χ2n) is 6.49. The van der Waals surface area contributed by atoms with E-state index in [1.807, 2.05) is 30.3 Å². The van der Waals surface area contributed by atoms with Crippen molar-refractivity contribution < 1.29 is 24.2 Å². The zero-order chi connectivity index (χ0) is 19.1. The number of amides is 1. The maximum atomic E-state index is 12.8. The van der Waals surface area contributed by atoms with E-state index in [2.05, 4.69) is 0 Å². The van der Waals surface area contributed by atoms with Crippen molar-refractivity contribution in [1.29, 1.82) is 0 Å². The van der Waals surface area contributed by atoms with E-state index < -0.39 is 5.97 Å². The van der Waals surface area contributed by atoms with Crippen LogP contribution in [0.25, 0.3) is 0 Å². The van der Waals surface area contributed by atoms with E-state index in [4.69, 9.17) is 14.6 Å². The maximum absolute atomic E-state index is 12.8. The lowest BCUT2D eigenvalue weighted by Crippen LogP contribution is -2.35. The van der Waals surface area contributed by atoms with Crippen molar-refractivity contribution >= 4 is 11.9 Å².